The van der Waals surface area contributed by atoms with Gasteiger partial charge in [0.25, 0.3) is 0 Å². The summed E-state index contributed by atoms with van der Waals surface area (Å²) in [5.74, 6) is 1.35. The zero-order valence-corrected chi connectivity index (χ0v) is 19.0. The molecule has 0 aliphatic heterocycles. The molecular weight excluding hydrogens is 392 g/mol. The fourth-order valence-corrected chi connectivity index (χ4v) is 3.45. The molecule has 0 radical (unpaired) electrons. The third-order valence-corrected chi connectivity index (χ3v) is 5.04. The summed E-state index contributed by atoms with van der Waals surface area (Å²) in [5.41, 5.74) is 2.15. The Balaban J connectivity index is 2.01. The lowest BCUT2D eigenvalue weighted by Gasteiger charge is -2.30. The Morgan fingerprint density at radius 1 is 1.06 bits per heavy atom. The molecule has 2 rings (SSSR count). The molecule has 2 aromatic rings. The highest BCUT2D eigenvalue weighted by molar-refractivity contribution is 5.87. The number of carbonyl (C=O) groups excluding carboxylic acids is 2. The van der Waals surface area contributed by atoms with Crippen molar-refractivity contribution in [1.82, 2.24) is 10.2 Å². The van der Waals surface area contributed by atoms with Gasteiger partial charge in [0.05, 0.1) is 13.7 Å². The lowest BCUT2D eigenvalue weighted by atomic mass is 10.1. The van der Waals surface area contributed by atoms with Crippen molar-refractivity contribution in [3.8, 4) is 11.5 Å². The number of nitrogens with one attached hydrogen (secondary N) is 1. The second kappa shape index (κ2) is 12.6. The fraction of sp³-hybridized carbons (Fsp3) is 0.440. The zero-order chi connectivity index (χ0) is 22.6. The Kier molecular flexibility index (Phi) is 9.88. The first-order chi connectivity index (χ1) is 15.0. The van der Waals surface area contributed by atoms with E-state index in [-0.39, 0.29) is 11.8 Å². The van der Waals surface area contributed by atoms with Crippen LogP contribution < -0.4 is 14.8 Å². The van der Waals surface area contributed by atoms with Gasteiger partial charge in [-0.05, 0) is 56.5 Å². The van der Waals surface area contributed by atoms with Gasteiger partial charge < -0.3 is 19.7 Å². The minimum Gasteiger partial charge on any atom is -0.497 e. The number of methoxy groups -OCH3 is 1. The van der Waals surface area contributed by atoms with E-state index >= 15 is 0 Å². The summed E-state index contributed by atoms with van der Waals surface area (Å²) >= 11 is 0. The van der Waals surface area contributed by atoms with Crippen LogP contribution in [0.25, 0.3) is 0 Å². The minimum absolute atomic E-state index is 0.0436. The predicted octanol–water partition coefficient (Wildman–Crippen LogP) is 4.11. The van der Waals surface area contributed by atoms with Gasteiger partial charge >= 0.3 is 0 Å². The van der Waals surface area contributed by atoms with Crippen LogP contribution in [0.4, 0.5) is 0 Å². The summed E-state index contributed by atoms with van der Waals surface area (Å²) in [6.07, 6.45) is 1.45. The molecule has 0 aliphatic carbocycles. The zero-order valence-electron chi connectivity index (χ0n) is 19.0. The van der Waals surface area contributed by atoms with Gasteiger partial charge in [-0.15, -0.1) is 0 Å². The molecule has 0 unspecified atom stereocenters. The molecule has 0 saturated carbocycles. The van der Waals surface area contributed by atoms with Crippen molar-refractivity contribution in [3.63, 3.8) is 0 Å². The van der Waals surface area contributed by atoms with Crippen LogP contribution in [0.2, 0.25) is 0 Å². The molecule has 2 amide bonds. The maximum atomic E-state index is 13.1. The molecule has 6 nitrogen and oxygen atoms in total. The highest BCUT2D eigenvalue weighted by atomic mass is 16.5. The summed E-state index contributed by atoms with van der Waals surface area (Å²) in [5, 5.41) is 2.86. The molecule has 168 valence electrons. The number of nitrogens with zero attached hydrogens (tertiary/aromatic N) is 1. The van der Waals surface area contributed by atoms with E-state index in [0.29, 0.717) is 39.0 Å². The van der Waals surface area contributed by atoms with Crippen molar-refractivity contribution in [3.05, 3.63) is 59.7 Å². The van der Waals surface area contributed by atoms with Gasteiger partial charge in [-0.3, -0.25) is 9.59 Å². The molecule has 1 atom stereocenters. The van der Waals surface area contributed by atoms with Crippen LogP contribution in [0.1, 0.15) is 44.2 Å². The molecule has 0 spiro atoms. The van der Waals surface area contributed by atoms with Crippen molar-refractivity contribution >= 4 is 11.8 Å². The van der Waals surface area contributed by atoms with Crippen LogP contribution >= 0.6 is 0 Å². The van der Waals surface area contributed by atoms with Gasteiger partial charge in [-0.2, -0.15) is 0 Å². The number of likely N-dealkylation sites (N-methyl/N-ethyl adjacent to an activating group) is 1. The maximum absolute atomic E-state index is 13.1. The van der Waals surface area contributed by atoms with E-state index in [4.69, 9.17) is 9.47 Å². The third-order valence-electron chi connectivity index (χ3n) is 5.04. The smallest absolute Gasteiger partial charge is 0.242 e. The Morgan fingerprint density at radius 2 is 1.77 bits per heavy atom. The van der Waals surface area contributed by atoms with Crippen molar-refractivity contribution in [2.45, 2.75) is 52.6 Å². The first-order valence-electron chi connectivity index (χ1n) is 10.9. The Labute approximate surface area is 185 Å². The number of amides is 2. The van der Waals surface area contributed by atoms with E-state index in [1.165, 1.54) is 0 Å². The summed E-state index contributed by atoms with van der Waals surface area (Å²) in [4.78, 5) is 27.4. The van der Waals surface area contributed by atoms with E-state index in [1.54, 1.807) is 12.0 Å². The monoisotopic (exact) mass is 426 g/mol. The average molecular weight is 427 g/mol. The molecule has 0 aliphatic rings. The Morgan fingerprint density at radius 3 is 2.39 bits per heavy atom. The Bertz CT molecular complexity index is 836. The van der Waals surface area contributed by atoms with E-state index in [0.717, 1.165) is 22.6 Å². The second-order valence-electron chi connectivity index (χ2n) is 7.46. The molecular formula is C25H34N2O4. The lowest BCUT2D eigenvalue weighted by molar-refractivity contribution is -0.141. The molecule has 1 N–H and O–H groups in total. The van der Waals surface area contributed by atoms with Gasteiger partial charge in [0, 0.05) is 19.5 Å². The SMILES string of the molecule is CCNC(=O)[C@@H](CC)N(Cc1cccc(C)c1)C(=O)CCCOc1ccc(OC)cc1. The molecule has 0 heterocycles. The number of aryl methyl sites for hydroxylation is 1. The number of hydrogen-bond donors (Lipinski definition) is 1. The molecule has 6 heteroatoms. The van der Waals surface area contributed by atoms with Gasteiger partial charge in [0.15, 0.2) is 0 Å². The Hall–Kier alpha value is -3.02. The topological polar surface area (TPSA) is 67.9 Å². The molecule has 31 heavy (non-hydrogen) atoms. The summed E-state index contributed by atoms with van der Waals surface area (Å²) in [6, 6.07) is 14.9. The van der Waals surface area contributed by atoms with Crippen molar-refractivity contribution in [1.29, 1.82) is 0 Å². The van der Waals surface area contributed by atoms with Crippen LogP contribution in [0, 0.1) is 6.92 Å². The predicted molar refractivity (Wildman–Crippen MR) is 122 cm³/mol. The number of carbonyl (C=O) groups is 2. The van der Waals surface area contributed by atoms with Gasteiger partial charge in [-0.1, -0.05) is 36.8 Å². The van der Waals surface area contributed by atoms with Crippen LogP contribution in [0.5, 0.6) is 11.5 Å². The normalized spacial score (nSPS) is 11.5. The highest BCUT2D eigenvalue weighted by Gasteiger charge is 2.28. The summed E-state index contributed by atoms with van der Waals surface area (Å²) in [6.45, 7) is 7.21. The number of benzene rings is 2. The lowest BCUT2D eigenvalue weighted by Crippen LogP contribution is -2.49. The summed E-state index contributed by atoms with van der Waals surface area (Å²) < 4.78 is 10.9. The van der Waals surface area contributed by atoms with E-state index in [1.807, 2.05) is 63.2 Å². The fourth-order valence-electron chi connectivity index (χ4n) is 3.45. The van der Waals surface area contributed by atoms with Crippen LogP contribution in [-0.4, -0.2) is 43.0 Å². The number of rotatable bonds is 12. The van der Waals surface area contributed by atoms with Crippen molar-refractivity contribution < 1.29 is 19.1 Å². The van der Waals surface area contributed by atoms with Crippen molar-refractivity contribution in [2.75, 3.05) is 20.3 Å². The van der Waals surface area contributed by atoms with Gasteiger partial charge in [0.1, 0.15) is 17.5 Å². The standard InChI is InChI=1S/C25H34N2O4/c1-5-23(25(29)26-6-2)27(18-20-10-7-9-19(3)17-20)24(28)11-8-16-31-22-14-12-21(30-4)13-15-22/h7,9-10,12-15,17,23H,5-6,8,11,16,18H2,1-4H3,(H,26,29)/t23-/m1/s1. The molecule has 0 fully saturated rings. The second-order valence-corrected chi connectivity index (χ2v) is 7.46. The largest absolute Gasteiger partial charge is 0.497 e. The van der Waals surface area contributed by atoms with Crippen molar-refractivity contribution in [2.24, 2.45) is 0 Å². The first-order valence-corrected chi connectivity index (χ1v) is 10.9. The van der Waals surface area contributed by atoms with Gasteiger partial charge in [-0.25, -0.2) is 0 Å². The highest BCUT2D eigenvalue weighted by Crippen LogP contribution is 2.18. The molecule has 2 aromatic carbocycles. The molecule has 0 aromatic heterocycles. The quantitative estimate of drug-likeness (QED) is 0.519. The van der Waals surface area contributed by atoms with E-state index < -0.39 is 6.04 Å². The van der Waals surface area contributed by atoms with E-state index in [2.05, 4.69) is 11.4 Å². The van der Waals surface area contributed by atoms with E-state index in [9.17, 15) is 9.59 Å². The average Bonchev–Trinajstić information content (AvgIpc) is 2.77. The molecule has 0 saturated heterocycles. The first kappa shape index (κ1) is 24.3. The molecule has 0 bridgehead atoms. The van der Waals surface area contributed by atoms with Crippen LogP contribution in [-0.2, 0) is 16.1 Å². The number of hydrogen-bond acceptors (Lipinski definition) is 4. The maximum Gasteiger partial charge on any atom is 0.242 e. The number of ether oxygens (including phenoxy) is 2. The summed E-state index contributed by atoms with van der Waals surface area (Å²) in [7, 11) is 1.62. The van der Waals surface area contributed by atoms with Gasteiger partial charge in [0.2, 0.25) is 11.8 Å². The van der Waals surface area contributed by atoms with Crippen LogP contribution in [0.3, 0.4) is 0 Å². The van der Waals surface area contributed by atoms with Crippen LogP contribution in [0.15, 0.2) is 48.5 Å². The minimum atomic E-state index is -0.490. The third kappa shape index (κ3) is 7.63.